The normalized spacial score (nSPS) is 26.8. The van der Waals surface area contributed by atoms with E-state index in [-0.39, 0.29) is 0 Å². The second-order valence-corrected chi connectivity index (χ2v) is 6.25. The zero-order chi connectivity index (χ0) is 13.1. The lowest BCUT2D eigenvalue weighted by molar-refractivity contribution is 0.303. The van der Waals surface area contributed by atoms with E-state index in [2.05, 4.69) is 41.4 Å². The average Bonchev–Trinajstić information content (AvgIpc) is 2.97. The quantitative estimate of drug-likeness (QED) is 0.873. The van der Waals surface area contributed by atoms with Gasteiger partial charge in [-0.1, -0.05) is 37.6 Å². The SMILES string of the molecule is CCNCc1cccc(CN2CC3CCCC3C2)c1. The van der Waals surface area contributed by atoms with Crippen molar-refractivity contribution < 1.29 is 0 Å². The predicted molar refractivity (Wildman–Crippen MR) is 79.9 cm³/mol. The Hall–Kier alpha value is -0.860. The molecule has 1 aromatic rings. The van der Waals surface area contributed by atoms with Crippen LogP contribution in [0.4, 0.5) is 0 Å². The van der Waals surface area contributed by atoms with Gasteiger partial charge >= 0.3 is 0 Å². The van der Waals surface area contributed by atoms with Crippen LogP contribution in [0.2, 0.25) is 0 Å². The van der Waals surface area contributed by atoms with Gasteiger partial charge in [0.15, 0.2) is 0 Å². The van der Waals surface area contributed by atoms with Crippen LogP contribution in [0.1, 0.15) is 37.3 Å². The molecular weight excluding hydrogens is 232 g/mol. The van der Waals surface area contributed by atoms with Gasteiger partial charge in [0.05, 0.1) is 0 Å². The second-order valence-electron chi connectivity index (χ2n) is 6.25. The molecule has 0 aromatic heterocycles. The molecule has 1 N–H and O–H groups in total. The molecular formula is C17H26N2. The van der Waals surface area contributed by atoms with Crippen LogP contribution in [-0.4, -0.2) is 24.5 Å². The molecule has 2 unspecified atom stereocenters. The fourth-order valence-corrected chi connectivity index (χ4v) is 3.83. The molecule has 1 saturated heterocycles. The monoisotopic (exact) mass is 258 g/mol. The average molecular weight is 258 g/mol. The third kappa shape index (κ3) is 3.18. The molecule has 0 spiro atoms. The summed E-state index contributed by atoms with van der Waals surface area (Å²) in [5.74, 6) is 2.01. The van der Waals surface area contributed by atoms with Crippen molar-refractivity contribution in [2.75, 3.05) is 19.6 Å². The summed E-state index contributed by atoms with van der Waals surface area (Å²) >= 11 is 0. The van der Waals surface area contributed by atoms with Crippen LogP contribution in [0, 0.1) is 11.8 Å². The highest BCUT2D eigenvalue weighted by Crippen LogP contribution is 2.38. The van der Waals surface area contributed by atoms with Gasteiger partial charge in [0.1, 0.15) is 0 Å². The minimum Gasteiger partial charge on any atom is -0.313 e. The van der Waals surface area contributed by atoms with Crippen molar-refractivity contribution in [1.29, 1.82) is 0 Å². The summed E-state index contributed by atoms with van der Waals surface area (Å²) in [5, 5.41) is 3.40. The number of benzene rings is 1. The van der Waals surface area contributed by atoms with Crippen LogP contribution in [0.15, 0.2) is 24.3 Å². The van der Waals surface area contributed by atoms with E-state index in [1.54, 1.807) is 0 Å². The smallest absolute Gasteiger partial charge is 0.0234 e. The van der Waals surface area contributed by atoms with Gasteiger partial charge in [-0.25, -0.2) is 0 Å². The largest absolute Gasteiger partial charge is 0.313 e. The number of nitrogens with one attached hydrogen (secondary N) is 1. The zero-order valence-electron chi connectivity index (χ0n) is 12.1. The Morgan fingerprint density at radius 3 is 2.63 bits per heavy atom. The highest BCUT2D eigenvalue weighted by molar-refractivity contribution is 5.23. The molecule has 2 nitrogen and oxygen atoms in total. The van der Waals surface area contributed by atoms with Crippen molar-refractivity contribution in [2.45, 2.75) is 39.3 Å². The summed E-state index contributed by atoms with van der Waals surface area (Å²) in [6, 6.07) is 9.09. The van der Waals surface area contributed by atoms with Crippen LogP contribution >= 0.6 is 0 Å². The maximum absolute atomic E-state index is 3.40. The summed E-state index contributed by atoms with van der Waals surface area (Å²) in [7, 11) is 0. The van der Waals surface area contributed by atoms with Gasteiger partial charge < -0.3 is 5.32 Å². The van der Waals surface area contributed by atoms with Crippen molar-refractivity contribution in [3.63, 3.8) is 0 Å². The second kappa shape index (κ2) is 6.06. The van der Waals surface area contributed by atoms with Gasteiger partial charge in [-0.3, -0.25) is 4.90 Å². The zero-order valence-corrected chi connectivity index (χ0v) is 12.1. The Kier molecular flexibility index (Phi) is 4.19. The van der Waals surface area contributed by atoms with E-state index in [4.69, 9.17) is 0 Å². The maximum atomic E-state index is 3.40. The number of rotatable bonds is 5. The number of nitrogens with zero attached hydrogens (tertiary/aromatic N) is 1. The van der Waals surface area contributed by atoms with Gasteiger partial charge in [-0.05, 0) is 42.3 Å². The summed E-state index contributed by atoms with van der Waals surface area (Å²) < 4.78 is 0. The van der Waals surface area contributed by atoms with Crippen molar-refractivity contribution >= 4 is 0 Å². The van der Waals surface area contributed by atoms with Crippen LogP contribution in [-0.2, 0) is 13.1 Å². The maximum Gasteiger partial charge on any atom is 0.0234 e. The fraction of sp³-hybridized carbons (Fsp3) is 0.647. The predicted octanol–water partition coefficient (Wildman–Crippen LogP) is 3.03. The van der Waals surface area contributed by atoms with E-state index < -0.39 is 0 Å². The van der Waals surface area contributed by atoms with E-state index in [1.165, 1.54) is 43.5 Å². The van der Waals surface area contributed by atoms with Crippen LogP contribution in [0.5, 0.6) is 0 Å². The Labute approximate surface area is 117 Å². The number of likely N-dealkylation sites (tertiary alicyclic amines) is 1. The highest BCUT2D eigenvalue weighted by Gasteiger charge is 2.35. The highest BCUT2D eigenvalue weighted by atomic mass is 15.2. The molecule has 1 aliphatic carbocycles. The number of hydrogen-bond acceptors (Lipinski definition) is 2. The van der Waals surface area contributed by atoms with E-state index in [0.717, 1.165) is 31.5 Å². The van der Waals surface area contributed by atoms with E-state index in [9.17, 15) is 0 Å². The van der Waals surface area contributed by atoms with Crippen LogP contribution in [0.25, 0.3) is 0 Å². The Bertz CT molecular complexity index is 403. The van der Waals surface area contributed by atoms with E-state index in [0.29, 0.717) is 0 Å². The van der Waals surface area contributed by atoms with Crippen molar-refractivity contribution in [1.82, 2.24) is 10.2 Å². The van der Waals surface area contributed by atoms with Crippen molar-refractivity contribution in [2.24, 2.45) is 11.8 Å². The third-order valence-electron chi connectivity index (χ3n) is 4.78. The molecule has 104 valence electrons. The van der Waals surface area contributed by atoms with Gasteiger partial charge in [0.25, 0.3) is 0 Å². The minimum atomic E-state index is 0.996. The summed E-state index contributed by atoms with van der Waals surface area (Å²) in [6.07, 6.45) is 4.42. The van der Waals surface area contributed by atoms with Crippen molar-refractivity contribution in [3.8, 4) is 0 Å². The molecule has 0 radical (unpaired) electrons. The Balaban J connectivity index is 1.57. The number of hydrogen-bond donors (Lipinski definition) is 1. The molecule has 0 bridgehead atoms. The summed E-state index contributed by atoms with van der Waals surface area (Å²) in [6.45, 7) is 8.01. The van der Waals surface area contributed by atoms with Gasteiger partial charge in [-0.15, -0.1) is 0 Å². The van der Waals surface area contributed by atoms with Crippen LogP contribution in [0.3, 0.4) is 0 Å². The molecule has 1 heterocycles. The summed E-state index contributed by atoms with van der Waals surface area (Å²) in [5.41, 5.74) is 2.90. The lowest BCUT2D eigenvalue weighted by atomic mass is 10.0. The first-order chi connectivity index (χ1) is 9.35. The Morgan fingerprint density at radius 2 is 1.89 bits per heavy atom. The molecule has 2 fully saturated rings. The molecule has 1 saturated carbocycles. The first-order valence-corrected chi connectivity index (χ1v) is 7.86. The molecule has 2 atom stereocenters. The fourth-order valence-electron chi connectivity index (χ4n) is 3.83. The molecule has 3 rings (SSSR count). The lowest BCUT2D eigenvalue weighted by Crippen LogP contribution is -2.21. The first kappa shape index (κ1) is 13.1. The van der Waals surface area contributed by atoms with Gasteiger partial charge in [-0.2, -0.15) is 0 Å². The molecule has 19 heavy (non-hydrogen) atoms. The molecule has 1 aromatic carbocycles. The van der Waals surface area contributed by atoms with Crippen LogP contribution < -0.4 is 5.32 Å². The number of fused-ring (bicyclic) bond motifs is 1. The molecule has 0 amide bonds. The van der Waals surface area contributed by atoms with E-state index in [1.807, 2.05) is 0 Å². The first-order valence-electron chi connectivity index (χ1n) is 7.86. The minimum absolute atomic E-state index is 0.996. The molecule has 1 aliphatic heterocycles. The summed E-state index contributed by atoms with van der Waals surface area (Å²) in [4.78, 5) is 2.67. The van der Waals surface area contributed by atoms with Crippen molar-refractivity contribution in [3.05, 3.63) is 35.4 Å². The molecule has 2 heteroatoms. The van der Waals surface area contributed by atoms with Gasteiger partial charge in [0, 0.05) is 26.2 Å². The topological polar surface area (TPSA) is 15.3 Å². The molecule has 2 aliphatic rings. The Morgan fingerprint density at radius 1 is 1.16 bits per heavy atom. The lowest BCUT2D eigenvalue weighted by Gasteiger charge is -2.17. The third-order valence-corrected chi connectivity index (χ3v) is 4.78. The van der Waals surface area contributed by atoms with Gasteiger partial charge in [0.2, 0.25) is 0 Å². The standard InChI is InChI=1S/C17H26N2/c1-2-18-10-14-5-3-6-15(9-14)11-19-12-16-7-4-8-17(16)13-19/h3,5-6,9,16-18H,2,4,7-8,10-13H2,1H3. The van der Waals surface area contributed by atoms with E-state index >= 15 is 0 Å².